The summed E-state index contributed by atoms with van der Waals surface area (Å²) in [6.45, 7) is 3.21. The number of carbonyl (C=O) groups excluding carboxylic acids is 1. The van der Waals surface area contributed by atoms with Gasteiger partial charge in [-0.1, -0.05) is 59.6 Å². The molecule has 0 N–H and O–H groups in total. The van der Waals surface area contributed by atoms with Crippen LogP contribution in [0.15, 0.2) is 54.6 Å². The highest BCUT2D eigenvalue weighted by molar-refractivity contribution is 6.42. The van der Waals surface area contributed by atoms with Crippen molar-refractivity contribution in [2.24, 2.45) is 11.8 Å². The Morgan fingerprint density at radius 1 is 1.06 bits per heavy atom. The number of esters is 1. The van der Waals surface area contributed by atoms with Crippen molar-refractivity contribution in [2.75, 3.05) is 18.1 Å². The number of carbonyl (C=O) groups is 1. The lowest BCUT2D eigenvalue weighted by Crippen LogP contribution is -2.46. The molecule has 5 heteroatoms. The fourth-order valence-electron chi connectivity index (χ4n) is 6.41. The first-order chi connectivity index (χ1) is 15.6. The maximum Gasteiger partial charge on any atom is 0.338 e. The first kappa shape index (κ1) is 20.4. The summed E-state index contributed by atoms with van der Waals surface area (Å²) < 4.78 is 5.38. The van der Waals surface area contributed by atoms with Crippen molar-refractivity contribution in [2.45, 2.75) is 37.6 Å². The second-order valence-electron chi connectivity index (χ2n) is 9.27. The lowest BCUT2D eigenvalue weighted by atomic mass is 9.70. The summed E-state index contributed by atoms with van der Waals surface area (Å²) in [4.78, 5) is 15.3. The largest absolute Gasteiger partial charge is 0.462 e. The van der Waals surface area contributed by atoms with Crippen LogP contribution in [0.4, 0.5) is 5.69 Å². The number of hydrogen-bond acceptors (Lipinski definition) is 3. The SMILES string of the molecule is CCOC(=O)c1cc2c3c(c1)[C@@H]1C=CC[C@@H]1[C@H](c1cccc(Cl)c1Cl)N3C[C@H]1CC=C[C@H]21. The van der Waals surface area contributed by atoms with Crippen LogP contribution in [0.25, 0.3) is 0 Å². The van der Waals surface area contributed by atoms with Gasteiger partial charge in [-0.3, -0.25) is 0 Å². The molecular formula is C27H25Cl2NO2. The standard InChI is InChI=1S/C27H25Cl2NO2/c1-2-32-27(31)16-12-21-17-7-3-6-15(17)14-30-25(20-10-5-11-23(28)24(20)29)19-9-4-8-18(19)22(13-16)26(21)30/h3-5,7-8,10-13,15,17-19,25H,2,6,9,14H2,1H3/t15-,17+,18-,19+,25-/m1/s1. The van der Waals surface area contributed by atoms with Gasteiger partial charge < -0.3 is 9.64 Å². The van der Waals surface area contributed by atoms with E-state index in [0.717, 1.165) is 24.9 Å². The van der Waals surface area contributed by atoms with Gasteiger partial charge in [0.2, 0.25) is 0 Å². The van der Waals surface area contributed by atoms with Gasteiger partial charge >= 0.3 is 5.97 Å². The van der Waals surface area contributed by atoms with Gasteiger partial charge in [0.25, 0.3) is 0 Å². The molecule has 0 radical (unpaired) electrons. The lowest BCUT2D eigenvalue weighted by Gasteiger charge is -2.51. The normalized spacial score (nSPS) is 29.0. The van der Waals surface area contributed by atoms with E-state index in [1.165, 1.54) is 16.8 Å². The predicted octanol–water partition coefficient (Wildman–Crippen LogP) is 7.06. The molecule has 2 aromatic rings. The number of fused-ring (bicyclic) bond motifs is 4. The molecule has 32 heavy (non-hydrogen) atoms. The van der Waals surface area contributed by atoms with E-state index in [2.05, 4.69) is 47.4 Å². The van der Waals surface area contributed by atoms with Crippen LogP contribution < -0.4 is 4.90 Å². The average Bonchev–Trinajstić information content (AvgIpc) is 3.46. The van der Waals surface area contributed by atoms with E-state index in [4.69, 9.17) is 27.9 Å². The molecule has 0 fully saturated rings. The Kier molecular flexibility index (Phi) is 4.89. The van der Waals surface area contributed by atoms with Gasteiger partial charge in [-0.2, -0.15) is 0 Å². The molecule has 0 aromatic heterocycles. The van der Waals surface area contributed by atoms with Crippen molar-refractivity contribution in [3.8, 4) is 0 Å². The van der Waals surface area contributed by atoms with Crippen molar-refractivity contribution in [3.05, 3.63) is 86.9 Å². The summed E-state index contributed by atoms with van der Waals surface area (Å²) >= 11 is 13.2. The molecular weight excluding hydrogens is 441 g/mol. The molecule has 164 valence electrons. The Morgan fingerprint density at radius 2 is 1.81 bits per heavy atom. The quantitative estimate of drug-likeness (QED) is 0.358. The summed E-state index contributed by atoms with van der Waals surface area (Å²) in [6, 6.07) is 10.3. The predicted molar refractivity (Wildman–Crippen MR) is 129 cm³/mol. The molecule has 5 atom stereocenters. The van der Waals surface area contributed by atoms with E-state index in [0.29, 0.717) is 40.0 Å². The first-order valence-corrected chi connectivity index (χ1v) is 12.2. The van der Waals surface area contributed by atoms with E-state index in [9.17, 15) is 4.79 Å². The molecule has 2 aromatic carbocycles. The third-order valence-electron chi connectivity index (χ3n) is 7.66. The van der Waals surface area contributed by atoms with E-state index in [-0.39, 0.29) is 17.9 Å². The third-order valence-corrected chi connectivity index (χ3v) is 8.49. The molecule has 0 spiro atoms. The minimum Gasteiger partial charge on any atom is -0.462 e. The van der Waals surface area contributed by atoms with Crippen LogP contribution in [0, 0.1) is 11.8 Å². The van der Waals surface area contributed by atoms with Crippen LogP contribution in [0.3, 0.4) is 0 Å². The zero-order chi connectivity index (χ0) is 22.0. The molecule has 0 unspecified atom stereocenters. The monoisotopic (exact) mass is 465 g/mol. The Morgan fingerprint density at radius 3 is 2.62 bits per heavy atom. The summed E-state index contributed by atoms with van der Waals surface area (Å²) in [5.74, 6) is 1.21. The second-order valence-corrected chi connectivity index (χ2v) is 10.1. The topological polar surface area (TPSA) is 29.5 Å². The van der Waals surface area contributed by atoms with Crippen molar-refractivity contribution in [1.82, 2.24) is 0 Å². The van der Waals surface area contributed by atoms with Gasteiger partial charge in [0.15, 0.2) is 0 Å². The number of benzene rings is 2. The van der Waals surface area contributed by atoms with Crippen molar-refractivity contribution >= 4 is 34.9 Å². The molecule has 2 aliphatic carbocycles. The smallest absolute Gasteiger partial charge is 0.338 e. The Balaban J connectivity index is 1.58. The Hall–Kier alpha value is -2.23. The van der Waals surface area contributed by atoms with Crippen LogP contribution in [-0.4, -0.2) is 19.1 Å². The number of anilines is 1. The van der Waals surface area contributed by atoms with Gasteiger partial charge in [0.1, 0.15) is 0 Å². The number of ether oxygens (including phenoxy) is 1. The number of halogens is 2. The van der Waals surface area contributed by atoms with Gasteiger partial charge in [-0.25, -0.2) is 4.79 Å². The summed E-state index contributed by atoms with van der Waals surface area (Å²) in [5, 5.41) is 1.26. The van der Waals surface area contributed by atoms with Crippen molar-refractivity contribution in [3.63, 3.8) is 0 Å². The number of hydrogen-bond donors (Lipinski definition) is 0. The molecule has 3 nitrogen and oxygen atoms in total. The van der Waals surface area contributed by atoms with E-state index in [1.54, 1.807) is 0 Å². The van der Waals surface area contributed by atoms with Crippen LogP contribution in [0.1, 0.15) is 64.7 Å². The fourth-order valence-corrected chi connectivity index (χ4v) is 6.83. The van der Waals surface area contributed by atoms with Crippen LogP contribution in [-0.2, 0) is 4.74 Å². The molecule has 4 aliphatic rings. The van der Waals surface area contributed by atoms with E-state index < -0.39 is 0 Å². The average molecular weight is 466 g/mol. The molecule has 6 rings (SSSR count). The second kappa shape index (κ2) is 7.67. The van der Waals surface area contributed by atoms with Crippen molar-refractivity contribution < 1.29 is 9.53 Å². The Bertz CT molecular complexity index is 1150. The molecule has 2 heterocycles. The highest BCUT2D eigenvalue weighted by atomic mass is 35.5. The zero-order valence-corrected chi connectivity index (χ0v) is 19.4. The van der Waals surface area contributed by atoms with E-state index >= 15 is 0 Å². The van der Waals surface area contributed by atoms with Gasteiger partial charge in [-0.05, 0) is 66.5 Å². The summed E-state index contributed by atoms with van der Waals surface area (Å²) in [6.07, 6.45) is 11.3. The molecule has 0 saturated heterocycles. The lowest BCUT2D eigenvalue weighted by molar-refractivity contribution is 0.0526. The first-order valence-electron chi connectivity index (χ1n) is 11.5. The Labute approximate surface area is 198 Å². The maximum absolute atomic E-state index is 12.7. The van der Waals surface area contributed by atoms with Gasteiger partial charge in [0, 0.05) is 24.1 Å². The number of allylic oxidation sites excluding steroid dienone is 4. The highest BCUT2D eigenvalue weighted by Gasteiger charge is 2.48. The third kappa shape index (κ3) is 2.90. The highest BCUT2D eigenvalue weighted by Crippen LogP contribution is 2.59. The minimum absolute atomic E-state index is 0.155. The van der Waals surface area contributed by atoms with Crippen LogP contribution in [0.2, 0.25) is 10.0 Å². The van der Waals surface area contributed by atoms with Crippen LogP contribution in [0.5, 0.6) is 0 Å². The molecule has 2 aliphatic heterocycles. The zero-order valence-electron chi connectivity index (χ0n) is 17.9. The number of nitrogens with zero attached hydrogens (tertiary/aromatic N) is 1. The van der Waals surface area contributed by atoms with Gasteiger partial charge in [-0.15, -0.1) is 0 Å². The maximum atomic E-state index is 12.7. The fraction of sp³-hybridized carbons (Fsp3) is 0.370. The summed E-state index contributed by atoms with van der Waals surface area (Å²) in [7, 11) is 0. The molecule has 0 amide bonds. The van der Waals surface area contributed by atoms with Crippen LogP contribution >= 0.6 is 23.2 Å². The molecule has 0 saturated carbocycles. The molecule has 0 bridgehead atoms. The van der Waals surface area contributed by atoms with Gasteiger partial charge in [0.05, 0.1) is 28.3 Å². The summed E-state index contributed by atoms with van der Waals surface area (Å²) in [5.41, 5.74) is 5.54. The van der Waals surface area contributed by atoms with Crippen molar-refractivity contribution in [1.29, 1.82) is 0 Å². The van der Waals surface area contributed by atoms with E-state index in [1.807, 2.05) is 19.1 Å². The minimum atomic E-state index is -0.235. The number of rotatable bonds is 3.